The van der Waals surface area contributed by atoms with E-state index < -0.39 is 0 Å². The number of nitrogens with two attached hydrogens (primary N) is 1. The van der Waals surface area contributed by atoms with E-state index in [1.165, 1.54) is 32.4 Å². The number of hydrogen-bond acceptors (Lipinski definition) is 7. The molecule has 106 valence electrons. The molecule has 0 bridgehead atoms. The first-order valence-corrected chi connectivity index (χ1v) is 6.80. The van der Waals surface area contributed by atoms with Crippen molar-refractivity contribution >= 4 is 17.8 Å². The first kappa shape index (κ1) is 13.8. The molecule has 1 aromatic rings. The van der Waals surface area contributed by atoms with Crippen molar-refractivity contribution in [2.45, 2.75) is 19.3 Å². The number of anilines is 3. The van der Waals surface area contributed by atoms with E-state index in [1.807, 2.05) is 19.0 Å². The molecule has 1 fully saturated rings. The molecule has 1 aliphatic heterocycles. The van der Waals surface area contributed by atoms with Crippen LogP contribution in [0.25, 0.3) is 0 Å². The molecule has 7 heteroatoms. The molecule has 0 atom stereocenters. The van der Waals surface area contributed by atoms with Crippen molar-refractivity contribution in [3.8, 4) is 0 Å². The number of rotatable bonds is 5. The Balaban J connectivity index is 1.84. The Morgan fingerprint density at radius 3 is 2.58 bits per heavy atom. The highest BCUT2D eigenvalue weighted by atomic mass is 15.3. The largest absolute Gasteiger partial charge is 0.368 e. The fraction of sp³-hybridized carbons (Fsp3) is 0.750. The van der Waals surface area contributed by atoms with Gasteiger partial charge in [0.25, 0.3) is 0 Å². The first-order chi connectivity index (χ1) is 9.15. The predicted octanol–water partition coefficient (Wildman–Crippen LogP) is 0.418. The molecule has 0 unspecified atom stereocenters. The average Bonchev–Trinajstić information content (AvgIpc) is 2.39. The molecule has 7 nitrogen and oxygen atoms in total. The van der Waals surface area contributed by atoms with Gasteiger partial charge >= 0.3 is 0 Å². The van der Waals surface area contributed by atoms with Gasteiger partial charge in [0.2, 0.25) is 17.8 Å². The molecule has 19 heavy (non-hydrogen) atoms. The van der Waals surface area contributed by atoms with E-state index in [9.17, 15) is 0 Å². The third-order valence-electron chi connectivity index (χ3n) is 3.20. The summed E-state index contributed by atoms with van der Waals surface area (Å²) in [5.41, 5.74) is 5.67. The predicted molar refractivity (Wildman–Crippen MR) is 77.3 cm³/mol. The Hall–Kier alpha value is -1.63. The molecule has 0 radical (unpaired) electrons. The molecule has 2 rings (SSSR count). The Labute approximate surface area is 114 Å². The van der Waals surface area contributed by atoms with Gasteiger partial charge < -0.3 is 20.9 Å². The van der Waals surface area contributed by atoms with Gasteiger partial charge in [-0.1, -0.05) is 6.42 Å². The van der Waals surface area contributed by atoms with Crippen LogP contribution in [0.5, 0.6) is 0 Å². The second kappa shape index (κ2) is 6.51. The lowest BCUT2D eigenvalue weighted by Gasteiger charge is -2.26. The van der Waals surface area contributed by atoms with Crippen molar-refractivity contribution in [3.63, 3.8) is 0 Å². The minimum atomic E-state index is 0.249. The van der Waals surface area contributed by atoms with Gasteiger partial charge in [-0.2, -0.15) is 15.0 Å². The van der Waals surface area contributed by atoms with E-state index in [1.54, 1.807) is 0 Å². The summed E-state index contributed by atoms with van der Waals surface area (Å²) in [5.74, 6) is 1.38. The third kappa shape index (κ3) is 4.20. The number of nitrogens with zero attached hydrogens (tertiary/aromatic N) is 5. The molecule has 3 N–H and O–H groups in total. The standard InChI is InChI=1S/C12H23N7/c1-18(2)12-16-10(13)15-11(17-12)14-6-9-19-7-4-3-5-8-19/h3-9H2,1-2H3,(H3,13,14,15,16,17). The highest BCUT2D eigenvalue weighted by Crippen LogP contribution is 2.10. The maximum atomic E-state index is 5.67. The molecular weight excluding hydrogens is 242 g/mol. The summed E-state index contributed by atoms with van der Waals surface area (Å²) >= 11 is 0. The van der Waals surface area contributed by atoms with Gasteiger partial charge in [0, 0.05) is 27.2 Å². The number of nitrogen functional groups attached to an aromatic ring is 1. The van der Waals surface area contributed by atoms with Crippen molar-refractivity contribution in [2.24, 2.45) is 0 Å². The summed E-state index contributed by atoms with van der Waals surface area (Å²) in [7, 11) is 3.76. The maximum absolute atomic E-state index is 5.67. The number of aromatic nitrogens is 3. The number of piperidine rings is 1. The monoisotopic (exact) mass is 265 g/mol. The van der Waals surface area contributed by atoms with E-state index in [4.69, 9.17) is 5.73 Å². The zero-order valence-electron chi connectivity index (χ0n) is 11.8. The van der Waals surface area contributed by atoms with E-state index in [0.29, 0.717) is 11.9 Å². The van der Waals surface area contributed by atoms with Crippen LogP contribution in [0.4, 0.5) is 17.8 Å². The van der Waals surface area contributed by atoms with Crippen LogP contribution in [0.15, 0.2) is 0 Å². The van der Waals surface area contributed by atoms with Crippen molar-refractivity contribution in [1.82, 2.24) is 19.9 Å². The lowest BCUT2D eigenvalue weighted by molar-refractivity contribution is 0.237. The molecule has 0 aliphatic carbocycles. The lowest BCUT2D eigenvalue weighted by atomic mass is 10.1. The fourth-order valence-electron chi connectivity index (χ4n) is 2.17. The second-order valence-electron chi connectivity index (χ2n) is 5.04. The molecule has 0 amide bonds. The van der Waals surface area contributed by atoms with Gasteiger partial charge in [-0.3, -0.25) is 0 Å². The Morgan fingerprint density at radius 1 is 1.16 bits per heavy atom. The van der Waals surface area contributed by atoms with Gasteiger partial charge in [0.1, 0.15) is 0 Å². The van der Waals surface area contributed by atoms with E-state index in [-0.39, 0.29) is 5.95 Å². The topological polar surface area (TPSA) is 83.2 Å². The molecule has 1 saturated heterocycles. The van der Waals surface area contributed by atoms with Gasteiger partial charge in [-0.05, 0) is 25.9 Å². The van der Waals surface area contributed by atoms with Crippen molar-refractivity contribution in [2.75, 3.05) is 56.2 Å². The molecule has 0 aromatic carbocycles. The van der Waals surface area contributed by atoms with Gasteiger partial charge in [-0.25, -0.2) is 0 Å². The molecule has 1 aliphatic rings. The molecule has 0 spiro atoms. The zero-order chi connectivity index (χ0) is 13.7. The van der Waals surface area contributed by atoms with Crippen LogP contribution in [-0.2, 0) is 0 Å². The number of hydrogen-bond donors (Lipinski definition) is 2. The van der Waals surface area contributed by atoms with Gasteiger partial charge in [0.05, 0.1) is 0 Å². The Bertz CT molecular complexity index is 401. The van der Waals surface area contributed by atoms with Crippen LogP contribution in [0.2, 0.25) is 0 Å². The molecular formula is C12H23N7. The number of nitrogens with one attached hydrogen (secondary N) is 1. The summed E-state index contributed by atoms with van der Waals surface area (Å²) in [6.45, 7) is 4.24. The Morgan fingerprint density at radius 2 is 1.89 bits per heavy atom. The smallest absolute Gasteiger partial charge is 0.231 e. The van der Waals surface area contributed by atoms with Crippen LogP contribution < -0.4 is 16.0 Å². The number of likely N-dealkylation sites (tertiary alicyclic amines) is 1. The quantitative estimate of drug-likeness (QED) is 0.798. The van der Waals surface area contributed by atoms with Crippen LogP contribution >= 0.6 is 0 Å². The first-order valence-electron chi connectivity index (χ1n) is 6.80. The Kier molecular flexibility index (Phi) is 4.73. The van der Waals surface area contributed by atoms with Gasteiger partial charge in [-0.15, -0.1) is 0 Å². The minimum absolute atomic E-state index is 0.249. The summed E-state index contributed by atoms with van der Waals surface area (Å²) in [6, 6.07) is 0. The molecule has 2 heterocycles. The van der Waals surface area contributed by atoms with Crippen LogP contribution in [0.1, 0.15) is 19.3 Å². The molecule has 1 aromatic heterocycles. The summed E-state index contributed by atoms with van der Waals surface area (Å²) in [6.07, 6.45) is 3.98. The van der Waals surface area contributed by atoms with Crippen LogP contribution in [0, 0.1) is 0 Å². The summed E-state index contributed by atoms with van der Waals surface area (Å²) < 4.78 is 0. The van der Waals surface area contributed by atoms with Crippen molar-refractivity contribution in [3.05, 3.63) is 0 Å². The van der Waals surface area contributed by atoms with Crippen molar-refractivity contribution in [1.29, 1.82) is 0 Å². The van der Waals surface area contributed by atoms with Crippen LogP contribution in [-0.4, -0.2) is 60.1 Å². The zero-order valence-corrected chi connectivity index (χ0v) is 11.8. The minimum Gasteiger partial charge on any atom is -0.368 e. The second-order valence-corrected chi connectivity index (χ2v) is 5.04. The van der Waals surface area contributed by atoms with Gasteiger partial charge in [0.15, 0.2) is 0 Å². The van der Waals surface area contributed by atoms with E-state index in [0.717, 1.165) is 13.1 Å². The SMILES string of the molecule is CN(C)c1nc(N)nc(NCCN2CCCCC2)n1. The third-order valence-corrected chi connectivity index (χ3v) is 3.20. The molecule has 0 saturated carbocycles. The van der Waals surface area contributed by atoms with Crippen molar-refractivity contribution < 1.29 is 0 Å². The normalized spacial score (nSPS) is 16.3. The highest BCUT2D eigenvalue weighted by molar-refractivity contribution is 5.40. The van der Waals surface area contributed by atoms with E-state index >= 15 is 0 Å². The fourth-order valence-corrected chi connectivity index (χ4v) is 2.17. The highest BCUT2D eigenvalue weighted by Gasteiger charge is 2.10. The summed E-state index contributed by atoms with van der Waals surface area (Å²) in [4.78, 5) is 16.7. The van der Waals surface area contributed by atoms with E-state index in [2.05, 4.69) is 25.2 Å². The maximum Gasteiger partial charge on any atom is 0.231 e. The van der Waals surface area contributed by atoms with Crippen LogP contribution in [0.3, 0.4) is 0 Å². The lowest BCUT2D eigenvalue weighted by Crippen LogP contribution is -2.34. The summed E-state index contributed by atoms with van der Waals surface area (Å²) in [5, 5.41) is 3.22. The average molecular weight is 265 g/mol.